The zero-order chi connectivity index (χ0) is 25.1. The third-order valence-corrected chi connectivity index (χ3v) is 7.16. The van der Waals surface area contributed by atoms with Gasteiger partial charge in [-0.15, -0.1) is 0 Å². The van der Waals surface area contributed by atoms with Gasteiger partial charge in [-0.05, 0) is 70.9 Å². The summed E-state index contributed by atoms with van der Waals surface area (Å²) in [6.07, 6.45) is 0.327. The molecule has 0 radical (unpaired) electrons. The maximum Gasteiger partial charge on any atom is 0.412 e. The third kappa shape index (κ3) is 6.06. The van der Waals surface area contributed by atoms with E-state index in [0.717, 1.165) is 5.56 Å². The molecule has 1 aliphatic heterocycles. The van der Waals surface area contributed by atoms with Gasteiger partial charge in [-0.25, -0.2) is 13.2 Å². The van der Waals surface area contributed by atoms with E-state index in [9.17, 15) is 18.0 Å². The first-order chi connectivity index (χ1) is 15.9. The lowest BCUT2D eigenvalue weighted by molar-refractivity contribution is -0.119. The summed E-state index contributed by atoms with van der Waals surface area (Å²) in [5, 5.41) is 5.38. The number of benzene rings is 2. The fraction of sp³-hybridized carbons (Fsp3) is 0.417. The molecule has 0 unspecified atom stereocenters. The molecule has 0 aromatic heterocycles. The minimum absolute atomic E-state index is 0.158. The summed E-state index contributed by atoms with van der Waals surface area (Å²) in [6, 6.07) is 10.5. The van der Waals surface area contributed by atoms with Crippen LogP contribution in [0.25, 0.3) is 0 Å². The van der Waals surface area contributed by atoms with Gasteiger partial charge in [-0.3, -0.25) is 10.1 Å². The Kier molecular flexibility index (Phi) is 7.52. The van der Waals surface area contributed by atoms with Crippen LogP contribution in [0.4, 0.5) is 16.2 Å². The van der Waals surface area contributed by atoms with Crippen LogP contribution >= 0.6 is 0 Å². The summed E-state index contributed by atoms with van der Waals surface area (Å²) >= 11 is 0. The SMILES string of the molecule is COc1ccc(NC(=O)[C@@H]2CCCN2S(=O)(=O)c2ccc(C)cc2)cc1NC(=O)OC(C)(C)C. The second kappa shape index (κ2) is 10.0. The fourth-order valence-electron chi connectivity index (χ4n) is 3.66. The highest BCUT2D eigenvalue weighted by Crippen LogP contribution is 2.30. The molecule has 3 rings (SSSR count). The smallest absolute Gasteiger partial charge is 0.412 e. The van der Waals surface area contributed by atoms with Gasteiger partial charge in [0.25, 0.3) is 0 Å². The monoisotopic (exact) mass is 489 g/mol. The van der Waals surface area contributed by atoms with Crippen molar-refractivity contribution in [2.24, 2.45) is 0 Å². The normalized spacial score (nSPS) is 16.7. The van der Waals surface area contributed by atoms with Gasteiger partial charge in [0, 0.05) is 12.2 Å². The van der Waals surface area contributed by atoms with Gasteiger partial charge < -0.3 is 14.8 Å². The van der Waals surface area contributed by atoms with Crippen LogP contribution in [0.15, 0.2) is 47.4 Å². The Morgan fingerprint density at radius 2 is 1.74 bits per heavy atom. The lowest BCUT2D eigenvalue weighted by atomic mass is 10.2. The van der Waals surface area contributed by atoms with Gasteiger partial charge in [-0.1, -0.05) is 17.7 Å². The maximum absolute atomic E-state index is 13.2. The van der Waals surface area contributed by atoms with Crippen LogP contribution < -0.4 is 15.4 Å². The van der Waals surface area contributed by atoms with Crippen LogP contribution in [-0.4, -0.2) is 50.0 Å². The van der Waals surface area contributed by atoms with Crippen LogP contribution in [-0.2, 0) is 19.6 Å². The number of sulfonamides is 1. The number of methoxy groups -OCH3 is 1. The van der Waals surface area contributed by atoms with Gasteiger partial charge in [0.15, 0.2) is 0 Å². The third-order valence-electron chi connectivity index (χ3n) is 5.24. The summed E-state index contributed by atoms with van der Waals surface area (Å²) in [7, 11) is -2.36. The number of hydrogen-bond donors (Lipinski definition) is 2. The largest absolute Gasteiger partial charge is 0.495 e. The molecule has 0 aliphatic carbocycles. The van der Waals surface area contributed by atoms with E-state index >= 15 is 0 Å². The number of hydrogen-bond acceptors (Lipinski definition) is 6. The number of nitrogens with zero attached hydrogens (tertiary/aromatic N) is 1. The Hall–Kier alpha value is -3.11. The number of carbonyl (C=O) groups excluding carboxylic acids is 2. The van der Waals surface area contributed by atoms with E-state index in [4.69, 9.17) is 9.47 Å². The Balaban J connectivity index is 1.78. The number of nitrogens with one attached hydrogen (secondary N) is 2. The first kappa shape index (κ1) is 25.5. The number of carbonyl (C=O) groups is 2. The predicted octanol–water partition coefficient (Wildman–Crippen LogP) is 4.14. The Morgan fingerprint density at radius 3 is 2.35 bits per heavy atom. The molecule has 2 aromatic carbocycles. The van der Waals surface area contributed by atoms with Crippen molar-refractivity contribution in [1.29, 1.82) is 0 Å². The van der Waals surface area contributed by atoms with E-state index in [1.54, 1.807) is 57.2 Å². The fourth-order valence-corrected chi connectivity index (χ4v) is 5.31. The van der Waals surface area contributed by atoms with Crippen molar-refractivity contribution in [3.63, 3.8) is 0 Å². The van der Waals surface area contributed by atoms with E-state index in [-0.39, 0.29) is 11.4 Å². The van der Waals surface area contributed by atoms with Gasteiger partial charge >= 0.3 is 6.09 Å². The summed E-state index contributed by atoms with van der Waals surface area (Å²) in [4.78, 5) is 25.4. The Morgan fingerprint density at radius 1 is 1.06 bits per heavy atom. The van der Waals surface area contributed by atoms with E-state index < -0.39 is 33.7 Å². The van der Waals surface area contributed by atoms with Crippen LogP contribution in [0.2, 0.25) is 0 Å². The number of aryl methyl sites for hydroxylation is 1. The van der Waals surface area contributed by atoms with Crippen molar-refractivity contribution in [2.45, 2.75) is 57.1 Å². The van der Waals surface area contributed by atoms with Crippen LogP contribution in [0.5, 0.6) is 5.75 Å². The molecule has 0 bridgehead atoms. The minimum Gasteiger partial charge on any atom is -0.495 e. The van der Waals surface area contributed by atoms with Crippen molar-refractivity contribution in [2.75, 3.05) is 24.3 Å². The number of amides is 2. The second-order valence-corrected chi connectivity index (χ2v) is 11.0. The molecule has 0 spiro atoms. The molecule has 1 fully saturated rings. The van der Waals surface area contributed by atoms with Crippen molar-refractivity contribution >= 4 is 33.4 Å². The summed E-state index contributed by atoms with van der Waals surface area (Å²) < 4.78 is 38.1. The Bertz CT molecular complexity index is 1160. The quantitative estimate of drug-likeness (QED) is 0.630. The van der Waals surface area contributed by atoms with E-state index in [0.29, 0.717) is 30.0 Å². The zero-order valence-corrected chi connectivity index (χ0v) is 20.9. The van der Waals surface area contributed by atoms with Gasteiger partial charge in [-0.2, -0.15) is 4.31 Å². The molecule has 2 aromatic rings. The van der Waals surface area contributed by atoms with E-state index in [1.807, 2.05) is 6.92 Å². The van der Waals surface area contributed by atoms with Crippen molar-refractivity contribution in [3.05, 3.63) is 48.0 Å². The molecule has 1 saturated heterocycles. The number of anilines is 2. The molecule has 2 N–H and O–H groups in total. The standard InChI is InChI=1S/C24H31N3O6S/c1-16-8-11-18(12-9-16)34(30,31)27-14-6-7-20(27)22(28)25-17-10-13-21(32-5)19(15-17)26-23(29)33-24(2,3)4/h8-13,15,20H,6-7,14H2,1-5H3,(H,25,28)(H,26,29)/t20-/m0/s1. The van der Waals surface area contributed by atoms with Crippen LogP contribution in [0.3, 0.4) is 0 Å². The minimum atomic E-state index is -3.82. The number of ether oxygens (including phenoxy) is 2. The molecule has 1 heterocycles. The number of rotatable bonds is 6. The highest BCUT2D eigenvalue weighted by Gasteiger charge is 2.39. The molecule has 1 atom stereocenters. The highest BCUT2D eigenvalue weighted by atomic mass is 32.2. The molecule has 0 saturated carbocycles. The molecular formula is C24H31N3O6S. The van der Waals surface area contributed by atoms with E-state index in [1.165, 1.54) is 17.5 Å². The first-order valence-electron chi connectivity index (χ1n) is 11.0. The maximum atomic E-state index is 13.2. The van der Waals surface area contributed by atoms with E-state index in [2.05, 4.69) is 10.6 Å². The topological polar surface area (TPSA) is 114 Å². The molecule has 2 amide bonds. The van der Waals surface area contributed by atoms with Crippen molar-refractivity contribution < 1.29 is 27.5 Å². The van der Waals surface area contributed by atoms with Gasteiger partial charge in [0.2, 0.25) is 15.9 Å². The zero-order valence-electron chi connectivity index (χ0n) is 20.0. The van der Waals surface area contributed by atoms with Gasteiger partial charge in [0.05, 0.1) is 17.7 Å². The average Bonchev–Trinajstić information content (AvgIpc) is 3.24. The highest BCUT2D eigenvalue weighted by molar-refractivity contribution is 7.89. The molecule has 10 heteroatoms. The van der Waals surface area contributed by atoms with Crippen molar-refractivity contribution in [1.82, 2.24) is 4.31 Å². The summed E-state index contributed by atoms with van der Waals surface area (Å²) in [5.41, 5.74) is 0.962. The Labute approximate surface area is 200 Å². The lowest BCUT2D eigenvalue weighted by Crippen LogP contribution is -2.43. The average molecular weight is 490 g/mol. The van der Waals surface area contributed by atoms with Crippen LogP contribution in [0, 0.1) is 6.92 Å². The van der Waals surface area contributed by atoms with Gasteiger partial charge in [0.1, 0.15) is 17.4 Å². The molecule has 9 nitrogen and oxygen atoms in total. The van der Waals surface area contributed by atoms with Crippen molar-refractivity contribution in [3.8, 4) is 5.75 Å². The second-order valence-electron chi connectivity index (χ2n) is 9.12. The lowest BCUT2D eigenvalue weighted by Gasteiger charge is -2.24. The summed E-state index contributed by atoms with van der Waals surface area (Å²) in [6.45, 7) is 7.39. The molecular weight excluding hydrogens is 458 g/mol. The predicted molar refractivity (Wildman–Crippen MR) is 130 cm³/mol. The molecule has 1 aliphatic rings. The van der Waals surface area contributed by atoms with Crippen LogP contribution in [0.1, 0.15) is 39.2 Å². The molecule has 184 valence electrons. The first-order valence-corrected chi connectivity index (χ1v) is 12.4. The summed E-state index contributed by atoms with van der Waals surface area (Å²) in [5.74, 6) is -0.0603. The molecule has 34 heavy (non-hydrogen) atoms.